The van der Waals surface area contributed by atoms with E-state index in [1.807, 2.05) is 18.2 Å². The van der Waals surface area contributed by atoms with Crippen LogP contribution in [0.15, 0.2) is 42.5 Å². The lowest BCUT2D eigenvalue weighted by molar-refractivity contribution is -0.108. The molecule has 3 nitrogen and oxygen atoms in total. The van der Waals surface area contributed by atoms with E-state index in [1.54, 1.807) is 0 Å². The molecule has 0 spiro atoms. The molecule has 130 valence electrons. The molecule has 0 amide bonds. The molecule has 1 aliphatic rings. The number of hydrogen-bond acceptors (Lipinski definition) is 3. The fourth-order valence-corrected chi connectivity index (χ4v) is 3.30. The van der Waals surface area contributed by atoms with Crippen molar-refractivity contribution >= 4 is 11.9 Å². The molecule has 3 heteroatoms. The lowest BCUT2D eigenvalue weighted by Gasteiger charge is -2.20. The molecule has 25 heavy (non-hydrogen) atoms. The molecular weight excluding hydrogens is 310 g/mol. The van der Waals surface area contributed by atoms with Crippen molar-refractivity contribution < 1.29 is 9.53 Å². The number of rotatable bonds is 6. The maximum absolute atomic E-state index is 10.7. The largest absolute Gasteiger partial charge is 0.473 e. The van der Waals surface area contributed by atoms with Crippen molar-refractivity contribution in [3.63, 3.8) is 0 Å². The zero-order chi connectivity index (χ0) is 17.6. The molecule has 3 rings (SSSR count). The monoisotopic (exact) mass is 335 g/mol. The number of nitrogens with zero attached hydrogens (tertiary/aromatic N) is 1. The minimum Gasteiger partial charge on any atom is -0.473 e. The second-order valence-corrected chi connectivity index (χ2v) is 6.85. The molecule has 0 N–H and O–H groups in total. The molecule has 2 aromatic rings. The number of allylic oxidation sites excluding steroid dienone is 2. The number of pyridine rings is 1. The van der Waals surface area contributed by atoms with Crippen molar-refractivity contribution in [2.45, 2.75) is 46.1 Å². The average molecular weight is 335 g/mol. The second-order valence-electron chi connectivity index (χ2n) is 6.85. The smallest absolute Gasteiger partial charge is 0.214 e. The quantitative estimate of drug-likeness (QED) is 0.693. The summed E-state index contributed by atoms with van der Waals surface area (Å²) in [5.41, 5.74) is 5.94. The van der Waals surface area contributed by atoms with Gasteiger partial charge in [-0.3, -0.25) is 0 Å². The number of carbonyl (C=O) groups is 1. The van der Waals surface area contributed by atoms with Gasteiger partial charge in [0.15, 0.2) is 0 Å². The summed E-state index contributed by atoms with van der Waals surface area (Å²) in [7, 11) is 0. The van der Waals surface area contributed by atoms with Crippen molar-refractivity contribution in [3.8, 4) is 5.88 Å². The zero-order valence-electron chi connectivity index (χ0n) is 15.0. The van der Waals surface area contributed by atoms with Crippen LogP contribution in [0, 0.1) is 19.8 Å². The number of carbonyl (C=O) groups excluding carboxylic acids is 1. The molecule has 1 aromatic carbocycles. The molecule has 0 bridgehead atoms. The Morgan fingerprint density at radius 1 is 1.24 bits per heavy atom. The van der Waals surface area contributed by atoms with Gasteiger partial charge in [-0.25, -0.2) is 4.98 Å². The average Bonchev–Trinajstić information content (AvgIpc) is 2.62. The van der Waals surface area contributed by atoms with Gasteiger partial charge in [-0.2, -0.15) is 0 Å². The van der Waals surface area contributed by atoms with Crippen LogP contribution in [0.5, 0.6) is 5.88 Å². The Morgan fingerprint density at radius 2 is 2.12 bits per heavy atom. The van der Waals surface area contributed by atoms with Gasteiger partial charge < -0.3 is 9.53 Å². The highest BCUT2D eigenvalue weighted by Gasteiger charge is 2.16. The maximum Gasteiger partial charge on any atom is 0.214 e. The standard InChI is InChI=1S/C22H25NO2/c1-16-6-9-20(17(2)14-16)15-25-22-5-3-4-21(23-22)19-10-7-18(8-11-19)12-13-24/h3-6,9-10,13-14,18H,7-8,11-12,15H2,1-2H3. The predicted octanol–water partition coefficient (Wildman–Crippen LogP) is 5.05. The normalized spacial score (nSPS) is 17.0. The van der Waals surface area contributed by atoms with E-state index >= 15 is 0 Å². The summed E-state index contributed by atoms with van der Waals surface area (Å²) in [5.74, 6) is 1.15. The molecular formula is C22H25NO2. The van der Waals surface area contributed by atoms with E-state index in [4.69, 9.17) is 4.74 Å². The summed E-state index contributed by atoms with van der Waals surface area (Å²) in [4.78, 5) is 15.3. The fourth-order valence-electron chi connectivity index (χ4n) is 3.30. The minimum atomic E-state index is 0.491. The molecule has 0 fully saturated rings. The van der Waals surface area contributed by atoms with Crippen LogP contribution in [0.3, 0.4) is 0 Å². The molecule has 0 aliphatic heterocycles. The Labute approximate surface area is 149 Å². The van der Waals surface area contributed by atoms with Gasteiger partial charge in [-0.05, 0) is 61.8 Å². The Kier molecular flexibility index (Phi) is 5.64. The fraction of sp³-hybridized carbons (Fsp3) is 0.364. The lowest BCUT2D eigenvalue weighted by atomic mass is 9.86. The first-order chi connectivity index (χ1) is 12.2. The number of hydrogen-bond donors (Lipinski definition) is 0. The summed E-state index contributed by atoms with van der Waals surface area (Å²) in [6, 6.07) is 12.3. The van der Waals surface area contributed by atoms with Crippen LogP contribution in [0.2, 0.25) is 0 Å². The van der Waals surface area contributed by atoms with Crippen molar-refractivity contribution in [3.05, 3.63) is 64.9 Å². The lowest BCUT2D eigenvalue weighted by Crippen LogP contribution is -2.07. The highest BCUT2D eigenvalue weighted by Crippen LogP contribution is 2.31. The van der Waals surface area contributed by atoms with Crippen LogP contribution in [0.1, 0.15) is 48.1 Å². The second kappa shape index (κ2) is 8.11. The van der Waals surface area contributed by atoms with Gasteiger partial charge in [0.2, 0.25) is 5.88 Å². The topological polar surface area (TPSA) is 39.2 Å². The summed E-state index contributed by atoms with van der Waals surface area (Å²) in [6.07, 6.45) is 6.92. The first-order valence-electron chi connectivity index (χ1n) is 8.94. The molecule has 1 aromatic heterocycles. The van der Waals surface area contributed by atoms with E-state index in [0.29, 0.717) is 24.8 Å². The van der Waals surface area contributed by atoms with Crippen LogP contribution < -0.4 is 4.74 Å². The van der Waals surface area contributed by atoms with E-state index in [0.717, 1.165) is 31.2 Å². The third-order valence-corrected chi connectivity index (χ3v) is 4.88. The van der Waals surface area contributed by atoms with Crippen LogP contribution >= 0.6 is 0 Å². The van der Waals surface area contributed by atoms with Crippen LogP contribution in [0.25, 0.3) is 5.57 Å². The van der Waals surface area contributed by atoms with E-state index in [1.165, 1.54) is 22.3 Å². The van der Waals surface area contributed by atoms with Crippen LogP contribution in [-0.4, -0.2) is 11.3 Å². The van der Waals surface area contributed by atoms with E-state index in [-0.39, 0.29) is 0 Å². The molecule has 1 aliphatic carbocycles. The van der Waals surface area contributed by atoms with Gasteiger partial charge in [0.25, 0.3) is 0 Å². The van der Waals surface area contributed by atoms with Gasteiger partial charge >= 0.3 is 0 Å². The van der Waals surface area contributed by atoms with Crippen molar-refractivity contribution in [1.29, 1.82) is 0 Å². The van der Waals surface area contributed by atoms with Gasteiger partial charge in [0.05, 0.1) is 5.69 Å². The Bertz CT molecular complexity index is 779. The molecule has 0 saturated carbocycles. The number of aldehydes is 1. The van der Waals surface area contributed by atoms with E-state index in [9.17, 15) is 4.79 Å². The van der Waals surface area contributed by atoms with E-state index < -0.39 is 0 Å². The number of benzene rings is 1. The number of aryl methyl sites for hydroxylation is 2. The summed E-state index contributed by atoms with van der Waals surface area (Å²) in [6.45, 7) is 4.74. The molecule has 1 heterocycles. The van der Waals surface area contributed by atoms with Crippen LogP contribution in [0.4, 0.5) is 0 Å². The van der Waals surface area contributed by atoms with Gasteiger partial charge in [0.1, 0.15) is 12.9 Å². The summed E-state index contributed by atoms with van der Waals surface area (Å²) >= 11 is 0. The summed E-state index contributed by atoms with van der Waals surface area (Å²) in [5, 5.41) is 0. The van der Waals surface area contributed by atoms with Crippen molar-refractivity contribution in [2.75, 3.05) is 0 Å². The third kappa shape index (κ3) is 4.56. The number of aromatic nitrogens is 1. The first-order valence-corrected chi connectivity index (χ1v) is 8.94. The highest BCUT2D eigenvalue weighted by molar-refractivity contribution is 5.64. The Balaban J connectivity index is 1.66. The zero-order valence-corrected chi connectivity index (χ0v) is 15.0. The maximum atomic E-state index is 10.7. The minimum absolute atomic E-state index is 0.491. The third-order valence-electron chi connectivity index (χ3n) is 4.88. The molecule has 1 atom stereocenters. The first kappa shape index (κ1) is 17.4. The predicted molar refractivity (Wildman–Crippen MR) is 100 cm³/mol. The Morgan fingerprint density at radius 3 is 2.84 bits per heavy atom. The molecule has 1 unspecified atom stereocenters. The number of ether oxygens (including phenoxy) is 1. The highest BCUT2D eigenvalue weighted by atomic mass is 16.5. The summed E-state index contributed by atoms with van der Waals surface area (Å²) < 4.78 is 5.92. The Hall–Kier alpha value is -2.42. The molecule has 0 saturated heterocycles. The van der Waals surface area contributed by atoms with Gasteiger partial charge in [-0.15, -0.1) is 0 Å². The van der Waals surface area contributed by atoms with Crippen molar-refractivity contribution in [1.82, 2.24) is 4.98 Å². The SMILES string of the molecule is Cc1ccc(COc2cccc(C3=CCC(CC=O)CC3)n2)c(C)c1. The molecule has 0 radical (unpaired) electrons. The van der Waals surface area contributed by atoms with Crippen LogP contribution in [-0.2, 0) is 11.4 Å². The van der Waals surface area contributed by atoms with E-state index in [2.05, 4.69) is 43.1 Å². The van der Waals surface area contributed by atoms with Crippen molar-refractivity contribution in [2.24, 2.45) is 5.92 Å². The van der Waals surface area contributed by atoms with Gasteiger partial charge in [0, 0.05) is 12.5 Å². The van der Waals surface area contributed by atoms with Gasteiger partial charge in [-0.1, -0.05) is 35.9 Å².